The summed E-state index contributed by atoms with van der Waals surface area (Å²) < 4.78 is 0. The highest BCUT2D eigenvalue weighted by atomic mass is 16.4. The Morgan fingerprint density at radius 1 is 1.15 bits per heavy atom. The molecular weight excluding hydrogens is 250 g/mol. The van der Waals surface area contributed by atoms with Crippen LogP contribution in [0.2, 0.25) is 0 Å². The molecule has 0 aliphatic heterocycles. The van der Waals surface area contributed by atoms with E-state index < -0.39 is 5.97 Å². The summed E-state index contributed by atoms with van der Waals surface area (Å²) in [5.74, 6) is -0.700. The minimum atomic E-state index is -0.700. The minimum Gasteiger partial charge on any atom is -0.481 e. The van der Waals surface area contributed by atoms with Crippen molar-refractivity contribution in [1.82, 2.24) is 5.32 Å². The number of carbonyl (C=O) groups is 1. The van der Waals surface area contributed by atoms with E-state index in [-0.39, 0.29) is 11.8 Å². The first-order chi connectivity index (χ1) is 9.49. The average Bonchev–Trinajstić information content (AvgIpc) is 2.42. The van der Waals surface area contributed by atoms with Gasteiger partial charge in [-0.25, -0.2) is 0 Å². The van der Waals surface area contributed by atoms with Crippen molar-refractivity contribution in [3.63, 3.8) is 0 Å². The second kappa shape index (κ2) is 8.75. The van der Waals surface area contributed by atoms with E-state index >= 15 is 0 Å². The quantitative estimate of drug-likeness (QED) is 0.644. The van der Waals surface area contributed by atoms with Crippen LogP contribution in [0.25, 0.3) is 0 Å². The highest BCUT2D eigenvalue weighted by Crippen LogP contribution is 2.25. The second-order valence-corrected chi connectivity index (χ2v) is 6.15. The molecular formula is C17H27NO2. The molecule has 0 aromatic heterocycles. The van der Waals surface area contributed by atoms with Gasteiger partial charge in [-0.15, -0.1) is 0 Å². The van der Waals surface area contributed by atoms with Crippen LogP contribution in [0.15, 0.2) is 30.3 Å². The summed E-state index contributed by atoms with van der Waals surface area (Å²) in [4.78, 5) is 10.6. The molecule has 0 aliphatic carbocycles. The van der Waals surface area contributed by atoms with E-state index in [0.717, 1.165) is 38.8 Å². The van der Waals surface area contributed by atoms with E-state index in [9.17, 15) is 4.79 Å². The summed E-state index contributed by atoms with van der Waals surface area (Å²) >= 11 is 0. The highest BCUT2D eigenvalue weighted by molar-refractivity contribution is 5.66. The van der Waals surface area contributed by atoms with Gasteiger partial charge in [-0.1, -0.05) is 44.2 Å². The van der Waals surface area contributed by atoms with Crippen molar-refractivity contribution in [2.45, 2.75) is 46.0 Å². The fourth-order valence-corrected chi connectivity index (χ4v) is 2.18. The molecule has 3 nitrogen and oxygen atoms in total. The number of carboxylic acid groups (broad SMARTS) is 1. The minimum absolute atomic E-state index is 0.102. The van der Waals surface area contributed by atoms with E-state index in [2.05, 4.69) is 43.4 Å². The molecule has 0 aliphatic rings. The van der Waals surface area contributed by atoms with Crippen LogP contribution >= 0.6 is 0 Å². The van der Waals surface area contributed by atoms with Crippen molar-refractivity contribution < 1.29 is 9.90 Å². The molecule has 0 bridgehead atoms. The van der Waals surface area contributed by atoms with Crippen LogP contribution in [-0.2, 0) is 11.2 Å². The van der Waals surface area contributed by atoms with Gasteiger partial charge in [-0.2, -0.15) is 0 Å². The zero-order chi connectivity index (χ0) is 14.8. The number of carboxylic acids is 1. The van der Waals surface area contributed by atoms with Crippen molar-refractivity contribution in [1.29, 1.82) is 0 Å². The van der Waals surface area contributed by atoms with Crippen molar-refractivity contribution in [3.8, 4) is 0 Å². The fraction of sp³-hybridized carbons (Fsp3) is 0.588. The molecule has 1 aromatic carbocycles. The van der Waals surface area contributed by atoms with Gasteiger partial charge >= 0.3 is 5.97 Å². The molecule has 3 heteroatoms. The maximum Gasteiger partial charge on any atom is 0.303 e. The highest BCUT2D eigenvalue weighted by Gasteiger charge is 2.18. The van der Waals surface area contributed by atoms with Gasteiger partial charge in [0.25, 0.3) is 0 Å². The molecule has 112 valence electrons. The summed E-state index contributed by atoms with van der Waals surface area (Å²) in [6, 6.07) is 10.5. The molecule has 0 unspecified atom stereocenters. The predicted molar refractivity (Wildman–Crippen MR) is 82.9 cm³/mol. The van der Waals surface area contributed by atoms with E-state index in [1.54, 1.807) is 0 Å². The second-order valence-electron chi connectivity index (χ2n) is 6.15. The predicted octanol–water partition coefficient (Wildman–Crippen LogP) is 3.49. The SMILES string of the molecule is CC(C)(CCNCCCc1ccccc1)CCC(=O)O. The fourth-order valence-electron chi connectivity index (χ4n) is 2.18. The van der Waals surface area contributed by atoms with Crippen LogP contribution in [0.3, 0.4) is 0 Å². The Labute approximate surface area is 122 Å². The molecule has 20 heavy (non-hydrogen) atoms. The number of nitrogens with one attached hydrogen (secondary N) is 1. The lowest BCUT2D eigenvalue weighted by Crippen LogP contribution is -2.24. The zero-order valence-electron chi connectivity index (χ0n) is 12.7. The number of aliphatic carboxylic acids is 1. The lowest BCUT2D eigenvalue weighted by molar-refractivity contribution is -0.137. The molecule has 0 saturated carbocycles. The first-order valence-corrected chi connectivity index (χ1v) is 7.46. The van der Waals surface area contributed by atoms with E-state index in [0.29, 0.717) is 0 Å². The van der Waals surface area contributed by atoms with Crippen molar-refractivity contribution in [2.75, 3.05) is 13.1 Å². The first kappa shape index (κ1) is 16.7. The maximum absolute atomic E-state index is 10.6. The number of hydrogen-bond acceptors (Lipinski definition) is 2. The molecule has 0 saturated heterocycles. The van der Waals surface area contributed by atoms with Crippen LogP contribution in [0.5, 0.6) is 0 Å². The molecule has 0 spiro atoms. The number of hydrogen-bond donors (Lipinski definition) is 2. The van der Waals surface area contributed by atoms with Crippen LogP contribution in [0.4, 0.5) is 0 Å². The summed E-state index contributed by atoms with van der Waals surface area (Å²) in [6.07, 6.45) is 4.27. The molecule has 1 rings (SSSR count). The number of benzene rings is 1. The van der Waals surface area contributed by atoms with Gasteiger partial charge in [0.15, 0.2) is 0 Å². The average molecular weight is 277 g/mol. The molecule has 0 fully saturated rings. The van der Waals surface area contributed by atoms with Gasteiger partial charge in [-0.05, 0) is 49.8 Å². The Morgan fingerprint density at radius 2 is 1.85 bits per heavy atom. The Balaban J connectivity index is 2.05. The summed E-state index contributed by atoms with van der Waals surface area (Å²) in [5, 5.41) is 12.2. The monoisotopic (exact) mass is 277 g/mol. The van der Waals surface area contributed by atoms with Crippen LogP contribution in [0.1, 0.15) is 45.1 Å². The van der Waals surface area contributed by atoms with Crippen LogP contribution in [0, 0.1) is 5.41 Å². The molecule has 0 atom stereocenters. The van der Waals surface area contributed by atoms with Crippen molar-refractivity contribution >= 4 is 5.97 Å². The summed E-state index contributed by atoms with van der Waals surface area (Å²) in [5.41, 5.74) is 1.49. The Kier molecular flexibility index (Phi) is 7.31. The number of rotatable bonds is 10. The number of aryl methyl sites for hydroxylation is 1. The largest absolute Gasteiger partial charge is 0.481 e. The van der Waals surface area contributed by atoms with Crippen molar-refractivity contribution in [3.05, 3.63) is 35.9 Å². The van der Waals surface area contributed by atoms with E-state index in [4.69, 9.17) is 5.11 Å². The molecule has 0 radical (unpaired) electrons. The lowest BCUT2D eigenvalue weighted by atomic mass is 9.84. The lowest BCUT2D eigenvalue weighted by Gasteiger charge is -2.23. The van der Waals surface area contributed by atoms with Crippen LogP contribution < -0.4 is 5.32 Å². The third-order valence-electron chi connectivity index (χ3n) is 3.66. The summed E-state index contributed by atoms with van der Waals surface area (Å²) in [7, 11) is 0. The molecule has 0 amide bonds. The van der Waals surface area contributed by atoms with E-state index in [1.165, 1.54) is 5.56 Å². The standard InChI is InChI=1S/C17H27NO2/c1-17(2,11-10-16(19)20)12-14-18-13-6-9-15-7-4-3-5-8-15/h3-5,7-8,18H,6,9-14H2,1-2H3,(H,19,20). The van der Waals surface area contributed by atoms with E-state index in [1.807, 2.05) is 6.07 Å². The van der Waals surface area contributed by atoms with Gasteiger partial charge in [0.2, 0.25) is 0 Å². The molecule has 0 heterocycles. The Bertz CT molecular complexity index is 387. The third-order valence-corrected chi connectivity index (χ3v) is 3.66. The molecule has 1 aromatic rings. The first-order valence-electron chi connectivity index (χ1n) is 7.46. The zero-order valence-corrected chi connectivity index (χ0v) is 12.7. The van der Waals surface area contributed by atoms with Crippen molar-refractivity contribution in [2.24, 2.45) is 5.41 Å². The summed E-state index contributed by atoms with van der Waals surface area (Å²) in [6.45, 7) is 6.26. The normalized spacial score (nSPS) is 11.5. The Morgan fingerprint density at radius 3 is 2.50 bits per heavy atom. The third kappa shape index (κ3) is 7.95. The smallest absolute Gasteiger partial charge is 0.303 e. The van der Waals surface area contributed by atoms with Gasteiger partial charge in [-0.3, -0.25) is 4.79 Å². The maximum atomic E-state index is 10.6. The van der Waals surface area contributed by atoms with Gasteiger partial charge in [0.1, 0.15) is 0 Å². The van der Waals surface area contributed by atoms with Gasteiger partial charge in [0, 0.05) is 6.42 Å². The Hall–Kier alpha value is -1.35. The van der Waals surface area contributed by atoms with Crippen LogP contribution in [-0.4, -0.2) is 24.2 Å². The molecule has 2 N–H and O–H groups in total. The topological polar surface area (TPSA) is 49.3 Å². The van der Waals surface area contributed by atoms with Gasteiger partial charge in [0.05, 0.1) is 0 Å². The van der Waals surface area contributed by atoms with Gasteiger partial charge < -0.3 is 10.4 Å².